The molecule has 0 N–H and O–H groups in total. The molecule has 2 atom stereocenters. The molecule has 7 heteroatoms. The van der Waals surface area contributed by atoms with E-state index in [0.717, 1.165) is 18.2 Å². The molecule has 36 heavy (non-hydrogen) atoms. The third kappa shape index (κ3) is 6.97. The molecular weight excluding hydrogens is 469 g/mol. The molecule has 0 aliphatic heterocycles. The van der Waals surface area contributed by atoms with Crippen molar-refractivity contribution in [2.45, 2.75) is 37.3 Å². The molecule has 0 radical (unpaired) electrons. The van der Waals surface area contributed by atoms with Gasteiger partial charge in [-0.15, -0.1) is 0 Å². The number of hydrogen-bond acceptors (Lipinski definition) is 4. The van der Waals surface area contributed by atoms with Gasteiger partial charge in [0.15, 0.2) is 0 Å². The molecule has 0 saturated carbocycles. The van der Waals surface area contributed by atoms with Crippen LogP contribution in [-0.4, -0.2) is 32.0 Å². The number of rotatable bonds is 10. The lowest BCUT2D eigenvalue weighted by Gasteiger charge is -2.33. The first-order valence-electron chi connectivity index (χ1n) is 11.4. The van der Waals surface area contributed by atoms with E-state index in [0.29, 0.717) is 6.61 Å². The van der Waals surface area contributed by atoms with Gasteiger partial charge >= 0.3 is 12.1 Å². The Morgan fingerprint density at radius 1 is 0.889 bits per heavy atom. The van der Waals surface area contributed by atoms with Crippen LogP contribution in [0, 0.1) is 11.8 Å². The Morgan fingerprint density at radius 3 is 2.06 bits per heavy atom. The second-order valence-corrected chi connectivity index (χ2v) is 7.98. The molecule has 0 spiro atoms. The van der Waals surface area contributed by atoms with Gasteiger partial charge in [0.1, 0.15) is 6.10 Å². The lowest BCUT2D eigenvalue weighted by Crippen LogP contribution is -2.52. The second kappa shape index (κ2) is 12.9. The van der Waals surface area contributed by atoms with Crippen LogP contribution in [0.5, 0.6) is 0 Å². The molecule has 188 valence electrons. The normalized spacial score (nSPS) is 13.7. The summed E-state index contributed by atoms with van der Waals surface area (Å²) in [6, 6.07) is 25.3. The fraction of sp³-hybridized carbons (Fsp3) is 0.276. The van der Waals surface area contributed by atoms with Gasteiger partial charge in [0, 0.05) is 31.1 Å². The predicted octanol–water partition coefficient (Wildman–Crippen LogP) is 6.05. The summed E-state index contributed by atoms with van der Waals surface area (Å²) in [5.41, 5.74) is -1.92. The molecule has 0 aromatic heterocycles. The Kier molecular flexibility index (Phi) is 9.69. The van der Waals surface area contributed by atoms with Crippen LogP contribution in [0.1, 0.15) is 29.5 Å². The van der Waals surface area contributed by atoms with Gasteiger partial charge in [0.25, 0.3) is 5.60 Å². The Hall–Kier alpha value is -3.60. The number of ether oxygens (including phenoxy) is 3. The van der Waals surface area contributed by atoms with Gasteiger partial charge in [0.05, 0.1) is 13.2 Å². The molecule has 0 heterocycles. The Morgan fingerprint density at radius 2 is 1.47 bits per heavy atom. The maximum absolute atomic E-state index is 14.3. The third-order valence-corrected chi connectivity index (χ3v) is 5.48. The quantitative estimate of drug-likeness (QED) is 0.195. The van der Waals surface area contributed by atoms with Crippen LogP contribution < -0.4 is 0 Å². The fourth-order valence-corrected chi connectivity index (χ4v) is 3.59. The van der Waals surface area contributed by atoms with Crippen molar-refractivity contribution >= 4 is 5.97 Å². The lowest BCUT2D eigenvalue weighted by atomic mass is 9.92. The number of carbonyl (C=O) groups is 1. The molecule has 4 nitrogen and oxygen atoms in total. The standard InChI is InChI=1S/C29H27F3O4/c1-34-28(29(30,31)32,25-17-9-4-10-18-25)27(33)36-26(19-11-16-23-12-5-2-6-13-23)20-21-35-22-24-14-7-3-8-15-24/h2-10,12-15,17-18,26H,19-22H2,1H3/t26-,28?/m1/s1. The van der Waals surface area contributed by atoms with Gasteiger partial charge in [-0.25, -0.2) is 4.79 Å². The monoisotopic (exact) mass is 496 g/mol. The average Bonchev–Trinajstić information content (AvgIpc) is 2.88. The number of methoxy groups -OCH3 is 1. The lowest BCUT2D eigenvalue weighted by molar-refractivity contribution is -0.278. The minimum absolute atomic E-state index is 0.0295. The van der Waals surface area contributed by atoms with Crippen molar-refractivity contribution < 1.29 is 32.2 Å². The predicted molar refractivity (Wildman–Crippen MR) is 130 cm³/mol. The van der Waals surface area contributed by atoms with Crippen molar-refractivity contribution in [1.29, 1.82) is 0 Å². The summed E-state index contributed by atoms with van der Waals surface area (Å²) in [6.07, 6.45) is -5.80. The highest BCUT2D eigenvalue weighted by Gasteiger charge is 2.64. The smallest absolute Gasteiger partial charge is 0.432 e. The molecule has 3 aromatic rings. The van der Waals surface area contributed by atoms with Gasteiger partial charge < -0.3 is 14.2 Å². The molecule has 0 fully saturated rings. The van der Waals surface area contributed by atoms with Crippen molar-refractivity contribution in [3.8, 4) is 11.8 Å². The van der Waals surface area contributed by atoms with Gasteiger partial charge in [0.2, 0.25) is 0 Å². The van der Waals surface area contributed by atoms with Crippen LogP contribution in [0.25, 0.3) is 0 Å². The largest absolute Gasteiger partial charge is 0.459 e. The first-order chi connectivity index (χ1) is 17.4. The van der Waals surface area contributed by atoms with E-state index in [1.807, 2.05) is 60.7 Å². The summed E-state index contributed by atoms with van der Waals surface area (Å²) >= 11 is 0. The number of esters is 1. The minimum Gasteiger partial charge on any atom is -0.459 e. The van der Waals surface area contributed by atoms with E-state index in [1.54, 1.807) is 6.07 Å². The number of alkyl halides is 3. The molecule has 1 unspecified atom stereocenters. The van der Waals surface area contributed by atoms with Crippen LogP contribution >= 0.6 is 0 Å². The first-order valence-corrected chi connectivity index (χ1v) is 11.4. The zero-order valence-corrected chi connectivity index (χ0v) is 19.8. The summed E-state index contributed by atoms with van der Waals surface area (Å²) in [6.45, 7) is 0.489. The zero-order valence-electron chi connectivity index (χ0n) is 19.8. The summed E-state index contributed by atoms with van der Waals surface area (Å²) in [5, 5.41) is 0. The Balaban J connectivity index is 1.77. The molecule has 0 aliphatic carbocycles. The summed E-state index contributed by atoms with van der Waals surface area (Å²) in [4.78, 5) is 13.1. The highest BCUT2D eigenvalue weighted by atomic mass is 19.4. The molecule has 3 aromatic carbocycles. The molecule has 0 bridgehead atoms. The van der Waals surface area contributed by atoms with Crippen LogP contribution in [0.15, 0.2) is 91.0 Å². The van der Waals surface area contributed by atoms with E-state index >= 15 is 0 Å². The molecule has 3 rings (SSSR count). The Bertz CT molecular complexity index is 1140. The van der Waals surface area contributed by atoms with Gasteiger partial charge in [-0.05, 0) is 17.7 Å². The van der Waals surface area contributed by atoms with Crippen molar-refractivity contribution in [2.75, 3.05) is 13.7 Å². The topological polar surface area (TPSA) is 44.8 Å². The Labute approximate surface area is 209 Å². The maximum Gasteiger partial charge on any atom is 0.432 e. The second-order valence-electron chi connectivity index (χ2n) is 7.98. The third-order valence-electron chi connectivity index (χ3n) is 5.48. The van der Waals surface area contributed by atoms with Crippen molar-refractivity contribution in [2.24, 2.45) is 0 Å². The van der Waals surface area contributed by atoms with Gasteiger partial charge in [-0.2, -0.15) is 13.2 Å². The van der Waals surface area contributed by atoms with Crippen LogP contribution in [0.3, 0.4) is 0 Å². The van der Waals surface area contributed by atoms with E-state index in [2.05, 4.69) is 11.8 Å². The molecule has 0 aliphatic rings. The summed E-state index contributed by atoms with van der Waals surface area (Å²) in [7, 11) is 0.842. The van der Waals surface area contributed by atoms with Gasteiger partial charge in [-0.3, -0.25) is 0 Å². The summed E-state index contributed by atoms with van der Waals surface area (Å²) < 4.78 is 58.7. The van der Waals surface area contributed by atoms with Gasteiger partial charge in [-0.1, -0.05) is 90.7 Å². The molecule has 0 saturated heterocycles. The zero-order chi connectivity index (χ0) is 25.9. The van der Waals surface area contributed by atoms with Crippen molar-refractivity contribution in [1.82, 2.24) is 0 Å². The van der Waals surface area contributed by atoms with E-state index in [1.165, 1.54) is 24.3 Å². The highest BCUT2D eigenvalue weighted by Crippen LogP contribution is 2.43. The van der Waals surface area contributed by atoms with Crippen LogP contribution in [-0.2, 0) is 31.2 Å². The minimum atomic E-state index is -5.05. The highest BCUT2D eigenvalue weighted by molar-refractivity contribution is 5.82. The number of halogens is 3. The average molecular weight is 497 g/mol. The van der Waals surface area contributed by atoms with Crippen LogP contribution in [0.4, 0.5) is 13.2 Å². The van der Waals surface area contributed by atoms with E-state index in [4.69, 9.17) is 14.2 Å². The van der Waals surface area contributed by atoms with Crippen molar-refractivity contribution in [3.63, 3.8) is 0 Å². The maximum atomic E-state index is 14.3. The molecule has 0 amide bonds. The van der Waals surface area contributed by atoms with E-state index in [-0.39, 0.29) is 25.0 Å². The SMILES string of the molecule is COC(C(=O)O[C@H](CC#Cc1ccccc1)CCOCc1ccccc1)(c1ccccc1)C(F)(F)F. The van der Waals surface area contributed by atoms with E-state index in [9.17, 15) is 18.0 Å². The van der Waals surface area contributed by atoms with Crippen LogP contribution in [0.2, 0.25) is 0 Å². The number of benzene rings is 3. The number of hydrogen-bond donors (Lipinski definition) is 0. The number of carbonyl (C=O) groups excluding carboxylic acids is 1. The fourth-order valence-electron chi connectivity index (χ4n) is 3.59. The molecular formula is C29H27F3O4. The summed E-state index contributed by atoms with van der Waals surface area (Å²) in [5.74, 6) is 4.31. The van der Waals surface area contributed by atoms with E-state index < -0.39 is 23.9 Å². The first kappa shape index (κ1) is 27.0. The van der Waals surface area contributed by atoms with Crippen molar-refractivity contribution in [3.05, 3.63) is 108 Å².